The first kappa shape index (κ1) is 31.5. The molecule has 7 nitrogen and oxygen atoms in total. The molecule has 45 heavy (non-hydrogen) atoms. The number of β-amino-alcohol motifs (C(OH)–C–C–N with tert-alkyl or cyclic N) is 1. The van der Waals surface area contributed by atoms with Crippen molar-refractivity contribution >= 4 is 27.5 Å². The average Bonchev–Trinajstić information content (AvgIpc) is 3.57. The second-order valence-electron chi connectivity index (χ2n) is 11.7. The highest BCUT2D eigenvalue weighted by Gasteiger charge is 2.33. The minimum atomic E-state index is -4.46. The lowest BCUT2D eigenvalue weighted by Gasteiger charge is -2.32. The van der Waals surface area contributed by atoms with Crippen LogP contribution in [0, 0.1) is 0 Å². The van der Waals surface area contributed by atoms with Gasteiger partial charge in [0, 0.05) is 55.7 Å². The van der Waals surface area contributed by atoms with Crippen molar-refractivity contribution in [3.8, 4) is 11.3 Å². The molecule has 4 aromatic rings. The van der Waals surface area contributed by atoms with Crippen molar-refractivity contribution < 1.29 is 36.2 Å². The normalized spacial score (nSPS) is 17.6. The molecule has 1 unspecified atom stereocenters. The van der Waals surface area contributed by atoms with Crippen LogP contribution in [0.3, 0.4) is 0 Å². The third kappa shape index (κ3) is 6.73. The standard InChI is InChI=1S/C31H31F6N5O2S/c1-18(43)41-13-10-26-24(17-41)28(19-2-4-21(5-3-19)30(32,33)34)39-42(26)16-23(44)15-40-11-8-20(9-12-40)29-38-25-14-22(31(35,36)37)6-7-27(25)45-29/h2-7,14,20,23,44H,8-13,15-17H2,1H3. The maximum Gasteiger partial charge on any atom is 0.416 e. The van der Waals surface area contributed by atoms with Gasteiger partial charge in [0.05, 0.1) is 44.7 Å². The lowest BCUT2D eigenvalue weighted by molar-refractivity contribution is -0.138. The van der Waals surface area contributed by atoms with Crippen LogP contribution < -0.4 is 0 Å². The van der Waals surface area contributed by atoms with Crippen molar-refractivity contribution in [1.29, 1.82) is 0 Å². The number of aliphatic hydroxyl groups is 1. The third-order valence-corrected chi connectivity index (χ3v) is 9.78. The Kier molecular flexibility index (Phi) is 8.42. The van der Waals surface area contributed by atoms with Gasteiger partial charge in [-0.05, 0) is 56.3 Å². The molecule has 0 spiro atoms. The topological polar surface area (TPSA) is 74.5 Å². The molecule has 0 radical (unpaired) electrons. The number of carbonyl (C=O) groups is 1. The highest BCUT2D eigenvalue weighted by Crippen LogP contribution is 2.38. The van der Waals surface area contributed by atoms with Gasteiger partial charge in [-0.3, -0.25) is 9.48 Å². The zero-order valence-electron chi connectivity index (χ0n) is 24.3. The highest BCUT2D eigenvalue weighted by atomic mass is 32.1. The van der Waals surface area contributed by atoms with Gasteiger partial charge in [0.25, 0.3) is 0 Å². The number of aliphatic hydroxyl groups excluding tert-OH is 1. The number of benzene rings is 2. The van der Waals surface area contributed by atoms with Crippen molar-refractivity contribution in [3.63, 3.8) is 0 Å². The van der Waals surface area contributed by atoms with Gasteiger partial charge in [-0.25, -0.2) is 4.98 Å². The quantitative estimate of drug-likeness (QED) is 0.247. The summed E-state index contributed by atoms with van der Waals surface area (Å²) in [5.41, 5.74) is 1.50. The molecule has 6 rings (SSSR count). The lowest BCUT2D eigenvalue weighted by atomic mass is 9.97. The van der Waals surface area contributed by atoms with Gasteiger partial charge in [0.1, 0.15) is 0 Å². The summed E-state index contributed by atoms with van der Waals surface area (Å²) in [5, 5.41) is 16.6. The van der Waals surface area contributed by atoms with E-state index in [1.54, 1.807) is 9.58 Å². The number of halogens is 6. The predicted octanol–water partition coefficient (Wildman–Crippen LogP) is 6.34. The van der Waals surface area contributed by atoms with Crippen molar-refractivity contribution in [3.05, 3.63) is 69.9 Å². The summed E-state index contributed by atoms with van der Waals surface area (Å²) in [6, 6.07) is 8.43. The van der Waals surface area contributed by atoms with E-state index in [2.05, 4.69) is 9.88 Å². The first-order valence-electron chi connectivity index (χ1n) is 14.7. The number of rotatable bonds is 6. The van der Waals surface area contributed by atoms with E-state index in [1.807, 2.05) is 0 Å². The number of alkyl halides is 6. The maximum atomic E-state index is 13.1. The summed E-state index contributed by atoms with van der Waals surface area (Å²) in [6.45, 7) is 4.18. The molecule has 1 N–H and O–H groups in total. The largest absolute Gasteiger partial charge is 0.416 e. The van der Waals surface area contributed by atoms with E-state index in [-0.39, 0.29) is 24.9 Å². The number of nitrogens with zero attached hydrogens (tertiary/aromatic N) is 5. The van der Waals surface area contributed by atoms with Crippen LogP contribution in [0.1, 0.15) is 53.1 Å². The zero-order chi connectivity index (χ0) is 32.1. The fraction of sp³-hybridized carbons (Fsp3) is 0.452. The average molecular weight is 652 g/mol. The molecule has 14 heteroatoms. The van der Waals surface area contributed by atoms with Crippen molar-refractivity contribution in [2.75, 3.05) is 26.2 Å². The number of hydrogen-bond acceptors (Lipinski definition) is 6. The van der Waals surface area contributed by atoms with E-state index in [9.17, 15) is 36.2 Å². The van der Waals surface area contributed by atoms with Crippen LogP contribution in [-0.4, -0.2) is 67.9 Å². The Balaban J connectivity index is 1.12. The number of piperidine rings is 1. The summed E-state index contributed by atoms with van der Waals surface area (Å²) < 4.78 is 81.2. The molecule has 1 amide bonds. The third-order valence-electron chi connectivity index (χ3n) is 8.59. The van der Waals surface area contributed by atoms with Gasteiger partial charge in [0.2, 0.25) is 5.91 Å². The van der Waals surface area contributed by atoms with Gasteiger partial charge in [-0.2, -0.15) is 31.4 Å². The number of fused-ring (bicyclic) bond motifs is 2. The molecule has 1 fully saturated rings. The summed E-state index contributed by atoms with van der Waals surface area (Å²) in [6.07, 6.45) is -7.63. The lowest BCUT2D eigenvalue weighted by Crippen LogP contribution is -2.40. The molecule has 2 aromatic heterocycles. The molecule has 4 heterocycles. The van der Waals surface area contributed by atoms with Gasteiger partial charge in [-0.1, -0.05) is 12.1 Å². The Morgan fingerprint density at radius 1 is 0.978 bits per heavy atom. The summed E-state index contributed by atoms with van der Waals surface area (Å²) in [5.74, 6) is 0.0193. The second-order valence-corrected chi connectivity index (χ2v) is 12.7. The van der Waals surface area contributed by atoms with Crippen molar-refractivity contribution in [1.82, 2.24) is 24.6 Å². The van der Waals surface area contributed by atoms with Crippen LogP contribution in [0.4, 0.5) is 26.3 Å². The van der Waals surface area contributed by atoms with E-state index in [1.165, 1.54) is 36.5 Å². The number of amides is 1. The molecular formula is C31H31F6N5O2S. The number of carbonyl (C=O) groups excluding carboxylic acids is 1. The molecule has 0 saturated carbocycles. The number of likely N-dealkylation sites (tertiary alicyclic amines) is 1. The van der Waals surface area contributed by atoms with Crippen LogP contribution in [0.15, 0.2) is 42.5 Å². The summed E-state index contributed by atoms with van der Waals surface area (Å²) in [7, 11) is 0. The van der Waals surface area contributed by atoms with Crippen LogP contribution in [0.2, 0.25) is 0 Å². The minimum absolute atomic E-state index is 0.105. The minimum Gasteiger partial charge on any atom is -0.390 e. The van der Waals surface area contributed by atoms with Crippen LogP contribution >= 0.6 is 11.3 Å². The summed E-state index contributed by atoms with van der Waals surface area (Å²) >= 11 is 1.42. The molecule has 240 valence electrons. The fourth-order valence-electron chi connectivity index (χ4n) is 6.17. The monoisotopic (exact) mass is 651 g/mol. The number of hydrogen-bond donors (Lipinski definition) is 1. The smallest absolute Gasteiger partial charge is 0.390 e. The Bertz CT molecular complexity index is 1690. The van der Waals surface area contributed by atoms with Crippen LogP contribution in [-0.2, 0) is 36.7 Å². The van der Waals surface area contributed by atoms with E-state index in [0.717, 1.165) is 58.1 Å². The fourth-order valence-corrected chi connectivity index (χ4v) is 7.29. The number of thiazole rings is 1. The second kappa shape index (κ2) is 12.0. The van der Waals surface area contributed by atoms with Crippen LogP contribution in [0.5, 0.6) is 0 Å². The van der Waals surface area contributed by atoms with E-state index >= 15 is 0 Å². The predicted molar refractivity (Wildman–Crippen MR) is 157 cm³/mol. The van der Waals surface area contributed by atoms with Crippen molar-refractivity contribution in [2.24, 2.45) is 0 Å². The number of aromatic nitrogens is 3. The Labute approximate surface area is 259 Å². The molecular weight excluding hydrogens is 620 g/mol. The Morgan fingerprint density at radius 2 is 1.64 bits per heavy atom. The summed E-state index contributed by atoms with van der Waals surface area (Å²) in [4.78, 5) is 20.4. The zero-order valence-corrected chi connectivity index (χ0v) is 25.1. The SMILES string of the molecule is CC(=O)N1CCc2c(c(-c3ccc(C(F)(F)F)cc3)nn2CC(O)CN2CCC(c3nc4cc(C(F)(F)F)ccc4s3)CC2)C1. The van der Waals surface area contributed by atoms with Gasteiger partial charge >= 0.3 is 12.4 Å². The first-order valence-corrected chi connectivity index (χ1v) is 15.5. The highest BCUT2D eigenvalue weighted by molar-refractivity contribution is 7.18. The maximum absolute atomic E-state index is 13.1. The molecule has 0 bridgehead atoms. The van der Waals surface area contributed by atoms with Crippen molar-refractivity contribution in [2.45, 2.75) is 63.7 Å². The van der Waals surface area contributed by atoms with Gasteiger partial charge in [0.15, 0.2) is 0 Å². The Hall–Kier alpha value is -3.49. The molecule has 2 aromatic carbocycles. The first-order chi connectivity index (χ1) is 21.3. The molecule has 1 saturated heterocycles. The van der Waals surface area contributed by atoms with E-state index in [0.29, 0.717) is 49.4 Å². The van der Waals surface area contributed by atoms with E-state index in [4.69, 9.17) is 5.10 Å². The van der Waals surface area contributed by atoms with E-state index < -0.39 is 29.6 Å². The molecule has 2 aliphatic heterocycles. The molecule has 2 aliphatic rings. The molecule has 1 atom stereocenters. The van der Waals surface area contributed by atoms with Crippen LogP contribution in [0.25, 0.3) is 21.5 Å². The van der Waals surface area contributed by atoms with Gasteiger partial charge < -0.3 is 14.9 Å². The Morgan fingerprint density at radius 3 is 2.29 bits per heavy atom. The van der Waals surface area contributed by atoms with Gasteiger partial charge in [-0.15, -0.1) is 11.3 Å². The molecule has 0 aliphatic carbocycles.